The van der Waals surface area contributed by atoms with Gasteiger partial charge in [0.25, 0.3) is 5.91 Å². The van der Waals surface area contributed by atoms with E-state index in [2.05, 4.69) is 46.7 Å². The second-order valence-corrected chi connectivity index (χ2v) is 7.29. The van der Waals surface area contributed by atoms with Gasteiger partial charge < -0.3 is 15.2 Å². The molecule has 0 saturated heterocycles. The number of amides is 1. The summed E-state index contributed by atoms with van der Waals surface area (Å²) < 4.78 is 0. The van der Waals surface area contributed by atoms with Crippen LogP contribution in [0.4, 0.5) is 0 Å². The summed E-state index contributed by atoms with van der Waals surface area (Å²) in [7, 11) is 3.96. The number of hydrogen-bond acceptors (Lipinski definition) is 3. The number of fused-ring (bicyclic) bond motifs is 1. The van der Waals surface area contributed by atoms with Gasteiger partial charge in [0, 0.05) is 18.7 Å². The lowest BCUT2D eigenvalue weighted by Crippen LogP contribution is -2.31. The van der Waals surface area contributed by atoms with Crippen molar-refractivity contribution in [2.45, 2.75) is 0 Å². The maximum atomic E-state index is 12.6. The number of H-pyrrole nitrogens is 1. The van der Waals surface area contributed by atoms with E-state index in [9.17, 15) is 4.79 Å². The van der Waals surface area contributed by atoms with Gasteiger partial charge in [-0.3, -0.25) is 4.79 Å². The SMILES string of the molecule is CN(C)CCNC(=O)c1cccc2[nH]c(-c3ccc(-c4ccccc4)cc3)nc12.Cl.Cl. The highest BCUT2D eigenvalue weighted by Crippen LogP contribution is 2.26. The van der Waals surface area contributed by atoms with Crippen LogP contribution in [0, 0.1) is 0 Å². The number of likely N-dealkylation sites (N-methyl/N-ethyl adjacent to an activating group) is 1. The smallest absolute Gasteiger partial charge is 0.253 e. The molecule has 0 radical (unpaired) electrons. The normalized spacial score (nSPS) is 10.4. The Morgan fingerprint density at radius 3 is 2.19 bits per heavy atom. The number of rotatable bonds is 6. The molecule has 5 nitrogen and oxygen atoms in total. The number of nitrogens with zero attached hydrogens (tertiary/aromatic N) is 2. The number of halogens is 2. The molecule has 1 aromatic heterocycles. The van der Waals surface area contributed by atoms with Gasteiger partial charge in [-0.2, -0.15) is 0 Å². The first kappa shape index (κ1) is 24.4. The van der Waals surface area contributed by atoms with E-state index in [0.29, 0.717) is 17.6 Å². The van der Waals surface area contributed by atoms with Gasteiger partial charge in [-0.25, -0.2) is 4.98 Å². The van der Waals surface area contributed by atoms with Crippen molar-refractivity contribution in [1.82, 2.24) is 20.2 Å². The van der Waals surface area contributed by atoms with Crippen LogP contribution >= 0.6 is 24.8 Å². The van der Waals surface area contributed by atoms with Gasteiger partial charge in [-0.15, -0.1) is 24.8 Å². The molecule has 0 atom stereocenters. The maximum Gasteiger partial charge on any atom is 0.253 e. The zero-order valence-electron chi connectivity index (χ0n) is 17.5. The Morgan fingerprint density at radius 2 is 1.52 bits per heavy atom. The lowest BCUT2D eigenvalue weighted by atomic mass is 10.0. The van der Waals surface area contributed by atoms with Crippen LogP contribution < -0.4 is 5.32 Å². The molecule has 1 heterocycles. The highest BCUT2D eigenvalue weighted by atomic mass is 35.5. The first-order valence-electron chi connectivity index (χ1n) is 9.69. The molecule has 3 aromatic carbocycles. The van der Waals surface area contributed by atoms with E-state index in [4.69, 9.17) is 4.98 Å². The summed E-state index contributed by atoms with van der Waals surface area (Å²) in [5, 5.41) is 2.96. The number of nitrogens with one attached hydrogen (secondary N) is 2. The summed E-state index contributed by atoms with van der Waals surface area (Å²) in [6, 6.07) is 24.2. The van der Waals surface area contributed by atoms with Crippen LogP contribution in [0.5, 0.6) is 0 Å². The standard InChI is InChI=1S/C24H24N4O.2ClH/c1-28(2)16-15-25-24(29)20-9-6-10-21-22(20)27-23(26-21)19-13-11-18(12-14-19)17-7-4-3-5-8-17;;/h3-14H,15-16H2,1-2H3,(H,25,29)(H,26,27);2*1H. The molecule has 2 N–H and O–H groups in total. The molecule has 162 valence electrons. The quantitative estimate of drug-likeness (QED) is 0.427. The Kier molecular flexibility index (Phi) is 8.63. The number of hydrogen-bond donors (Lipinski definition) is 2. The van der Waals surface area contributed by atoms with Crippen molar-refractivity contribution in [3.63, 3.8) is 0 Å². The summed E-state index contributed by atoms with van der Waals surface area (Å²) in [5.41, 5.74) is 5.46. The molecule has 0 aliphatic rings. The van der Waals surface area contributed by atoms with Gasteiger partial charge in [0.2, 0.25) is 0 Å². The topological polar surface area (TPSA) is 61.0 Å². The molecule has 1 amide bonds. The summed E-state index contributed by atoms with van der Waals surface area (Å²) in [4.78, 5) is 22.7. The van der Waals surface area contributed by atoms with Gasteiger partial charge >= 0.3 is 0 Å². The molecule has 0 spiro atoms. The summed E-state index contributed by atoms with van der Waals surface area (Å²) in [6.07, 6.45) is 0. The molecule has 0 unspecified atom stereocenters. The van der Waals surface area contributed by atoms with Gasteiger partial charge in [0.05, 0.1) is 11.1 Å². The Morgan fingerprint density at radius 1 is 0.871 bits per heavy atom. The zero-order chi connectivity index (χ0) is 20.2. The molecule has 0 bridgehead atoms. The van der Waals surface area contributed by atoms with Crippen LogP contribution in [0.3, 0.4) is 0 Å². The average Bonchev–Trinajstić information content (AvgIpc) is 3.18. The number of carbonyl (C=O) groups is 1. The minimum Gasteiger partial charge on any atom is -0.351 e. The predicted molar refractivity (Wildman–Crippen MR) is 132 cm³/mol. The van der Waals surface area contributed by atoms with Crippen LogP contribution in [0.1, 0.15) is 10.4 Å². The number of aromatic amines is 1. The van der Waals surface area contributed by atoms with Crippen molar-refractivity contribution < 1.29 is 4.79 Å². The molecule has 31 heavy (non-hydrogen) atoms. The monoisotopic (exact) mass is 456 g/mol. The first-order valence-corrected chi connectivity index (χ1v) is 9.69. The highest BCUT2D eigenvalue weighted by Gasteiger charge is 2.14. The zero-order valence-corrected chi connectivity index (χ0v) is 19.1. The third-order valence-electron chi connectivity index (χ3n) is 4.87. The number of benzene rings is 3. The lowest BCUT2D eigenvalue weighted by molar-refractivity contribution is 0.0952. The van der Waals surface area contributed by atoms with Crippen LogP contribution in [-0.4, -0.2) is 48.0 Å². The molecule has 0 aliphatic heterocycles. The minimum atomic E-state index is -0.102. The number of carbonyl (C=O) groups excluding carboxylic acids is 1. The van der Waals surface area contributed by atoms with Crippen molar-refractivity contribution in [2.24, 2.45) is 0 Å². The van der Waals surface area contributed by atoms with E-state index < -0.39 is 0 Å². The van der Waals surface area contributed by atoms with Gasteiger partial charge in [-0.05, 0) is 37.4 Å². The second-order valence-electron chi connectivity index (χ2n) is 7.29. The molecule has 7 heteroatoms. The van der Waals surface area contributed by atoms with E-state index in [1.165, 1.54) is 5.56 Å². The average molecular weight is 457 g/mol. The fourth-order valence-electron chi connectivity index (χ4n) is 3.29. The second kappa shape index (κ2) is 11.0. The Bertz CT molecular complexity index is 1130. The third-order valence-corrected chi connectivity index (χ3v) is 4.87. The van der Waals surface area contributed by atoms with Crippen LogP contribution in [0.25, 0.3) is 33.5 Å². The Hall–Kier alpha value is -2.86. The van der Waals surface area contributed by atoms with E-state index in [1.54, 1.807) is 0 Å². The summed E-state index contributed by atoms with van der Waals surface area (Å²) in [6.45, 7) is 1.39. The summed E-state index contributed by atoms with van der Waals surface area (Å²) >= 11 is 0. The van der Waals surface area contributed by atoms with Gasteiger partial charge in [-0.1, -0.05) is 60.7 Å². The van der Waals surface area contributed by atoms with Crippen LogP contribution in [0.15, 0.2) is 72.8 Å². The number of para-hydroxylation sites is 1. The van der Waals surface area contributed by atoms with E-state index >= 15 is 0 Å². The predicted octanol–water partition coefficient (Wildman–Crippen LogP) is 5.03. The van der Waals surface area contributed by atoms with Crippen molar-refractivity contribution in [3.05, 3.63) is 78.4 Å². The molecule has 0 aliphatic carbocycles. The number of aromatic nitrogens is 2. The molecule has 4 rings (SSSR count). The molecule has 0 fully saturated rings. The van der Waals surface area contributed by atoms with E-state index in [0.717, 1.165) is 29.0 Å². The Balaban J connectivity index is 0.00000171. The molecule has 0 saturated carbocycles. The highest BCUT2D eigenvalue weighted by molar-refractivity contribution is 6.05. The molecular formula is C24H26Cl2N4O. The van der Waals surface area contributed by atoms with E-state index in [-0.39, 0.29) is 30.7 Å². The minimum absolute atomic E-state index is 0. The Labute approximate surface area is 194 Å². The maximum absolute atomic E-state index is 12.6. The first-order chi connectivity index (χ1) is 14.1. The van der Waals surface area contributed by atoms with Gasteiger partial charge in [0.1, 0.15) is 11.3 Å². The largest absolute Gasteiger partial charge is 0.351 e. The van der Waals surface area contributed by atoms with Gasteiger partial charge in [0.15, 0.2) is 0 Å². The fraction of sp³-hybridized carbons (Fsp3) is 0.167. The third kappa shape index (κ3) is 5.64. The van der Waals surface area contributed by atoms with Crippen molar-refractivity contribution in [3.8, 4) is 22.5 Å². The van der Waals surface area contributed by atoms with Crippen LogP contribution in [-0.2, 0) is 0 Å². The van der Waals surface area contributed by atoms with Crippen molar-refractivity contribution in [1.29, 1.82) is 0 Å². The fourth-order valence-corrected chi connectivity index (χ4v) is 3.29. The van der Waals surface area contributed by atoms with E-state index in [1.807, 2.05) is 55.4 Å². The lowest BCUT2D eigenvalue weighted by Gasteiger charge is -2.10. The molecule has 4 aromatic rings. The summed E-state index contributed by atoms with van der Waals surface area (Å²) in [5.74, 6) is 0.656. The molecular weight excluding hydrogens is 431 g/mol. The number of imidazole rings is 1. The van der Waals surface area contributed by atoms with Crippen molar-refractivity contribution >= 4 is 41.8 Å². The van der Waals surface area contributed by atoms with Crippen molar-refractivity contribution in [2.75, 3.05) is 27.2 Å². The van der Waals surface area contributed by atoms with Crippen LogP contribution in [0.2, 0.25) is 0 Å².